The number of imidazole rings is 1. The second-order valence-corrected chi connectivity index (χ2v) is 5.00. The fraction of sp³-hybridized carbons (Fsp3) is 0.375. The Kier molecular flexibility index (Phi) is 5.37. The van der Waals surface area contributed by atoms with Crippen LogP contribution >= 0.6 is 0 Å². The van der Waals surface area contributed by atoms with Gasteiger partial charge in [0.2, 0.25) is 0 Å². The van der Waals surface area contributed by atoms with Crippen LogP contribution in [0.2, 0.25) is 0 Å². The van der Waals surface area contributed by atoms with Crippen molar-refractivity contribution in [1.29, 1.82) is 0 Å². The van der Waals surface area contributed by atoms with Crippen LogP contribution < -0.4 is 10.1 Å². The zero-order valence-corrected chi connectivity index (χ0v) is 12.5. The van der Waals surface area contributed by atoms with Crippen molar-refractivity contribution in [3.05, 3.63) is 47.5 Å². The first-order valence-corrected chi connectivity index (χ1v) is 7.11. The first-order valence-electron chi connectivity index (χ1n) is 7.11. The van der Waals surface area contributed by atoms with E-state index in [4.69, 9.17) is 4.74 Å². The van der Waals surface area contributed by atoms with Gasteiger partial charge in [0.1, 0.15) is 11.6 Å². The maximum absolute atomic E-state index is 11.7. The van der Waals surface area contributed by atoms with E-state index in [0.717, 1.165) is 35.5 Å². The second-order valence-electron chi connectivity index (χ2n) is 5.00. The number of aromatic nitrogens is 2. The van der Waals surface area contributed by atoms with E-state index < -0.39 is 0 Å². The number of hydrogen-bond acceptors (Lipinski definition) is 3. The third-order valence-electron chi connectivity index (χ3n) is 3.22. The summed E-state index contributed by atoms with van der Waals surface area (Å²) in [5, 5.41) is 2.85. The third-order valence-corrected chi connectivity index (χ3v) is 3.22. The lowest BCUT2D eigenvalue weighted by atomic mass is 10.1. The molecule has 5 heteroatoms. The highest BCUT2D eigenvalue weighted by atomic mass is 16.5. The molecule has 112 valence electrons. The molecule has 1 aromatic carbocycles. The van der Waals surface area contributed by atoms with E-state index in [9.17, 15) is 4.79 Å². The number of aryl methyl sites for hydroxylation is 3. The van der Waals surface area contributed by atoms with Crippen LogP contribution in [0, 0.1) is 13.8 Å². The fourth-order valence-corrected chi connectivity index (χ4v) is 2.13. The summed E-state index contributed by atoms with van der Waals surface area (Å²) < 4.78 is 5.60. The maximum Gasteiger partial charge on any atom is 0.257 e. The average molecular weight is 287 g/mol. The Morgan fingerprint density at radius 1 is 1.33 bits per heavy atom. The SMILES string of the molecule is Cc1cccc(C)c1OCC(=O)NCCCc1ncc[nH]1. The first-order chi connectivity index (χ1) is 10.2. The Balaban J connectivity index is 1.68. The van der Waals surface area contributed by atoms with Crippen LogP contribution in [0.4, 0.5) is 0 Å². The van der Waals surface area contributed by atoms with E-state index in [0.29, 0.717) is 6.54 Å². The van der Waals surface area contributed by atoms with Crippen molar-refractivity contribution in [2.24, 2.45) is 0 Å². The molecule has 0 saturated carbocycles. The van der Waals surface area contributed by atoms with Crippen molar-refractivity contribution >= 4 is 5.91 Å². The van der Waals surface area contributed by atoms with Crippen molar-refractivity contribution in [2.75, 3.05) is 13.2 Å². The van der Waals surface area contributed by atoms with Crippen molar-refractivity contribution < 1.29 is 9.53 Å². The van der Waals surface area contributed by atoms with Gasteiger partial charge in [-0.2, -0.15) is 0 Å². The normalized spacial score (nSPS) is 10.4. The number of aromatic amines is 1. The number of benzene rings is 1. The van der Waals surface area contributed by atoms with Gasteiger partial charge >= 0.3 is 0 Å². The molecule has 0 aliphatic rings. The van der Waals surface area contributed by atoms with E-state index in [-0.39, 0.29) is 12.5 Å². The lowest BCUT2D eigenvalue weighted by Crippen LogP contribution is -2.30. The van der Waals surface area contributed by atoms with Crippen molar-refractivity contribution in [2.45, 2.75) is 26.7 Å². The summed E-state index contributed by atoms with van der Waals surface area (Å²) in [6.45, 7) is 4.62. The summed E-state index contributed by atoms with van der Waals surface area (Å²) in [5.74, 6) is 1.64. The summed E-state index contributed by atoms with van der Waals surface area (Å²) in [4.78, 5) is 18.9. The van der Waals surface area contributed by atoms with Gasteiger partial charge in [0.15, 0.2) is 6.61 Å². The molecule has 0 fully saturated rings. The number of para-hydroxylation sites is 1. The molecule has 0 spiro atoms. The highest BCUT2D eigenvalue weighted by molar-refractivity contribution is 5.77. The smallest absolute Gasteiger partial charge is 0.257 e. The molecule has 2 aromatic rings. The van der Waals surface area contributed by atoms with Crippen LogP contribution in [0.1, 0.15) is 23.4 Å². The predicted molar refractivity (Wildman–Crippen MR) is 81.3 cm³/mol. The Hall–Kier alpha value is -2.30. The Labute approximate surface area is 124 Å². The summed E-state index contributed by atoms with van der Waals surface area (Å²) in [5.41, 5.74) is 2.08. The summed E-state index contributed by atoms with van der Waals surface area (Å²) in [6, 6.07) is 5.93. The topological polar surface area (TPSA) is 67.0 Å². The second kappa shape index (κ2) is 7.47. The first kappa shape index (κ1) is 15.1. The van der Waals surface area contributed by atoms with Gasteiger partial charge in [-0.15, -0.1) is 0 Å². The molecule has 0 unspecified atom stereocenters. The summed E-state index contributed by atoms with van der Waals surface area (Å²) in [7, 11) is 0. The fourth-order valence-electron chi connectivity index (χ4n) is 2.13. The molecule has 2 N–H and O–H groups in total. The number of H-pyrrole nitrogens is 1. The summed E-state index contributed by atoms with van der Waals surface area (Å²) >= 11 is 0. The molecule has 2 rings (SSSR count). The van der Waals surface area contributed by atoms with Gasteiger partial charge in [0.25, 0.3) is 5.91 Å². The molecule has 1 heterocycles. The van der Waals surface area contributed by atoms with Gasteiger partial charge in [-0.25, -0.2) is 4.98 Å². The average Bonchev–Trinajstić information content (AvgIpc) is 2.96. The van der Waals surface area contributed by atoms with Gasteiger partial charge in [-0.3, -0.25) is 4.79 Å². The highest BCUT2D eigenvalue weighted by Crippen LogP contribution is 2.21. The van der Waals surface area contributed by atoms with Crippen molar-refractivity contribution in [3.8, 4) is 5.75 Å². The van der Waals surface area contributed by atoms with Gasteiger partial charge in [-0.05, 0) is 31.4 Å². The predicted octanol–water partition coefficient (Wildman–Crippen LogP) is 2.15. The molecule has 0 saturated heterocycles. The Morgan fingerprint density at radius 2 is 2.10 bits per heavy atom. The zero-order valence-electron chi connectivity index (χ0n) is 12.5. The number of nitrogens with one attached hydrogen (secondary N) is 2. The van der Waals surface area contributed by atoms with E-state index in [1.807, 2.05) is 32.0 Å². The molecule has 1 aromatic heterocycles. The minimum absolute atomic E-state index is 0.0481. The quantitative estimate of drug-likeness (QED) is 0.767. The molecular weight excluding hydrogens is 266 g/mol. The number of rotatable bonds is 7. The minimum atomic E-state index is -0.0999. The van der Waals surface area contributed by atoms with Gasteiger partial charge in [-0.1, -0.05) is 18.2 Å². The molecule has 0 atom stereocenters. The van der Waals surface area contributed by atoms with Crippen molar-refractivity contribution in [3.63, 3.8) is 0 Å². The Bertz CT molecular complexity index is 559. The highest BCUT2D eigenvalue weighted by Gasteiger charge is 2.06. The van der Waals surface area contributed by atoms with Crippen LogP contribution in [0.5, 0.6) is 5.75 Å². The van der Waals surface area contributed by atoms with Crippen LogP contribution in [0.25, 0.3) is 0 Å². The number of hydrogen-bond donors (Lipinski definition) is 2. The largest absolute Gasteiger partial charge is 0.483 e. The van der Waals surface area contributed by atoms with Crippen LogP contribution in [0.15, 0.2) is 30.6 Å². The van der Waals surface area contributed by atoms with Gasteiger partial charge in [0, 0.05) is 25.4 Å². The van der Waals surface area contributed by atoms with E-state index in [1.54, 1.807) is 12.4 Å². The Morgan fingerprint density at radius 3 is 2.76 bits per heavy atom. The van der Waals surface area contributed by atoms with Gasteiger partial charge < -0.3 is 15.0 Å². The lowest BCUT2D eigenvalue weighted by molar-refractivity contribution is -0.123. The summed E-state index contributed by atoms with van der Waals surface area (Å²) in [6.07, 6.45) is 5.20. The maximum atomic E-state index is 11.7. The number of amides is 1. The van der Waals surface area contributed by atoms with Crippen LogP contribution in [0.3, 0.4) is 0 Å². The third kappa shape index (κ3) is 4.63. The molecular formula is C16H21N3O2. The van der Waals surface area contributed by atoms with Crippen LogP contribution in [-0.2, 0) is 11.2 Å². The standard InChI is InChI=1S/C16H21N3O2/c1-12-5-3-6-13(2)16(12)21-11-15(20)19-8-4-7-14-17-9-10-18-14/h3,5-6,9-10H,4,7-8,11H2,1-2H3,(H,17,18)(H,19,20). The number of carbonyl (C=O) groups is 1. The number of nitrogens with zero attached hydrogens (tertiary/aromatic N) is 1. The molecule has 21 heavy (non-hydrogen) atoms. The molecule has 0 bridgehead atoms. The zero-order chi connectivity index (χ0) is 15.1. The molecule has 0 radical (unpaired) electrons. The number of carbonyl (C=O) groups excluding carboxylic acids is 1. The monoisotopic (exact) mass is 287 g/mol. The van der Waals surface area contributed by atoms with E-state index >= 15 is 0 Å². The molecule has 1 amide bonds. The van der Waals surface area contributed by atoms with Crippen molar-refractivity contribution in [1.82, 2.24) is 15.3 Å². The van der Waals surface area contributed by atoms with Crippen LogP contribution in [-0.4, -0.2) is 29.0 Å². The minimum Gasteiger partial charge on any atom is -0.483 e. The lowest BCUT2D eigenvalue weighted by Gasteiger charge is -2.11. The molecule has 0 aliphatic carbocycles. The van der Waals surface area contributed by atoms with E-state index in [2.05, 4.69) is 15.3 Å². The molecule has 5 nitrogen and oxygen atoms in total. The molecule has 0 aliphatic heterocycles. The number of ether oxygens (including phenoxy) is 1. The van der Waals surface area contributed by atoms with E-state index in [1.165, 1.54) is 0 Å². The van der Waals surface area contributed by atoms with Gasteiger partial charge in [0.05, 0.1) is 0 Å².